The van der Waals surface area contributed by atoms with E-state index in [1.165, 1.54) is 12.8 Å². The predicted octanol–water partition coefficient (Wildman–Crippen LogP) is 3.74. The number of ether oxygens (including phenoxy) is 1. The summed E-state index contributed by atoms with van der Waals surface area (Å²) < 4.78 is 5.64. The van der Waals surface area contributed by atoms with E-state index in [1.54, 1.807) is 0 Å². The molecule has 136 valence electrons. The minimum Gasteiger partial charge on any atom is -0.494 e. The number of halogens is 2. The Labute approximate surface area is 156 Å². The summed E-state index contributed by atoms with van der Waals surface area (Å²) in [4.78, 5) is 11.8. The highest BCUT2D eigenvalue weighted by atomic mass is 35.5. The highest BCUT2D eigenvalue weighted by Gasteiger charge is 2.12. The lowest BCUT2D eigenvalue weighted by molar-refractivity contribution is -0.121. The summed E-state index contributed by atoms with van der Waals surface area (Å²) >= 11 is 5.98. The standard InChI is InChI=1S/C18H27ClN2O2.ClH/c1-14-12-16(6-7-17(14)19)23-11-3-5-18(22)21-10-8-15-4-2-9-20-13-15;/h6-7,12,15,20H,2-5,8-11,13H2,1H3,(H,21,22);1H. The molecule has 6 heteroatoms. The van der Waals surface area contributed by atoms with Crippen LogP contribution in [0.5, 0.6) is 5.75 Å². The second-order valence-corrected chi connectivity index (χ2v) is 6.62. The van der Waals surface area contributed by atoms with Gasteiger partial charge in [0.1, 0.15) is 5.75 Å². The molecule has 1 aromatic carbocycles. The van der Waals surface area contributed by atoms with Crippen molar-refractivity contribution in [3.05, 3.63) is 28.8 Å². The molecule has 1 unspecified atom stereocenters. The number of benzene rings is 1. The fourth-order valence-corrected chi connectivity index (χ4v) is 2.92. The second-order valence-electron chi connectivity index (χ2n) is 6.21. The molecule has 0 radical (unpaired) electrons. The monoisotopic (exact) mass is 374 g/mol. The van der Waals surface area contributed by atoms with Gasteiger partial charge in [-0.1, -0.05) is 11.6 Å². The van der Waals surface area contributed by atoms with Crippen LogP contribution in [0.2, 0.25) is 5.02 Å². The van der Waals surface area contributed by atoms with Gasteiger partial charge in [0.15, 0.2) is 0 Å². The Kier molecular flexibility index (Phi) is 10.2. The quantitative estimate of drug-likeness (QED) is 0.681. The number of carbonyl (C=O) groups excluding carboxylic acids is 1. The van der Waals surface area contributed by atoms with Crippen molar-refractivity contribution in [3.63, 3.8) is 0 Å². The van der Waals surface area contributed by atoms with Crippen molar-refractivity contribution in [2.75, 3.05) is 26.2 Å². The molecule has 1 amide bonds. The van der Waals surface area contributed by atoms with Gasteiger partial charge < -0.3 is 15.4 Å². The Morgan fingerprint density at radius 1 is 1.46 bits per heavy atom. The number of aryl methyl sites for hydroxylation is 1. The van der Waals surface area contributed by atoms with Gasteiger partial charge in [0.25, 0.3) is 0 Å². The number of piperidine rings is 1. The van der Waals surface area contributed by atoms with E-state index in [1.807, 2.05) is 25.1 Å². The third kappa shape index (κ3) is 7.73. The van der Waals surface area contributed by atoms with E-state index in [9.17, 15) is 4.79 Å². The lowest BCUT2D eigenvalue weighted by atomic mass is 9.96. The van der Waals surface area contributed by atoms with E-state index in [-0.39, 0.29) is 18.3 Å². The summed E-state index contributed by atoms with van der Waals surface area (Å²) in [6, 6.07) is 5.60. The molecule has 0 spiro atoms. The van der Waals surface area contributed by atoms with Crippen LogP contribution < -0.4 is 15.4 Å². The summed E-state index contributed by atoms with van der Waals surface area (Å²) in [7, 11) is 0. The molecule has 1 aliphatic heterocycles. The highest BCUT2D eigenvalue weighted by Crippen LogP contribution is 2.21. The largest absolute Gasteiger partial charge is 0.494 e. The van der Waals surface area contributed by atoms with Crippen molar-refractivity contribution in [2.45, 2.75) is 39.0 Å². The van der Waals surface area contributed by atoms with Crippen LogP contribution in [-0.4, -0.2) is 32.1 Å². The van der Waals surface area contributed by atoms with Crippen LogP contribution in [0.1, 0.15) is 37.7 Å². The van der Waals surface area contributed by atoms with Crippen LogP contribution in [0.3, 0.4) is 0 Å². The Balaban J connectivity index is 0.00000288. The number of hydrogen-bond donors (Lipinski definition) is 2. The fraction of sp³-hybridized carbons (Fsp3) is 0.611. The fourth-order valence-electron chi connectivity index (χ4n) is 2.80. The zero-order valence-electron chi connectivity index (χ0n) is 14.3. The SMILES string of the molecule is Cc1cc(OCCCC(=O)NCCC2CCCNC2)ccc1Cl.Cl. The number of nitrogens with one attached hydrogen (secondary N) is 2. The first-order valence-corrected chi connectivity index (χ1v) is 8.89. The maximum Gasteiger partial charge on any atom is 0.220 e. The molecule has 0 saturated carbocycles. The first kappa shape index (κ1) is 21.1. The van der Waals surface area contributed by atoms with Gasteiger partial charge >= 0.3 is 0 Å². The average molecular weight is 375 g/mol. The topological polar surface area (TPSA) is 50.4 Å². The van der Waals surface area contributed by atoms with Gasteiger partial charge in [-0.15, -0.1) is 12.4 Å². The molecule has 1 aliphatic rings. The lowest BCUT2D eigenvalue weighted by Crippen LogP contribution is -2.33. The van der Waals surface area contributed by atoms with Crippen molar-refractivity contribution >= 4 is 29.9 Å². The zero-order valence-corrected chi connectivity index (χ0v) is 15.8. The summed E-state index contributed by atoms with van der Waals surface area (Å²) in [6.45, 7) is 5.49. The van der Waals surface area contributed by atoms with E-state index in [2.05, 4.69) is 10.6 Å². The van der Waals surface area contributed by atoms with Gasteiger partial charge in [0.2, 0.25) is 5.91 Å². The molecule has 1 saturated heterocycles. The van der Waals surface area contributed by atoms with Crippen LogP contribution in [0.4, 0.5) is 0 Å². The van der Waals surface area contributed by atoms with Gasteiger partial charge in [-0.25, -0.2) is 0 Å². The number of amides is 1. The Morgan fingerprint density at radius 2 is 2.29 bits per heavy atom. The van der Waals surface area contributed by atoms with Crippen LogP contribution >= 0.6 is 24.0 Å². The van der Waals surface area contributed by atoms with E-state index in [4.69, 9.17) is 16.3 Å². The van der Waals surface area contributed by atoms with Crippen molar-refractivity contribution in [3.8, 4) is 5.75 Å². The van der Waals surface area contributed by atoms with Crippen molar-refractivity contribution in [1.82, 2.24) is 10.6 Å². The van der Waals surface area contributed by atoms with Gasteiger partial charge in [0.05, 0.1) is 6.61 Å². The third-order valence-electron chi connectivity index (χ3n) is 4.22. The summed E-state index contributed by atoms with van der Waals surface area (Å²) in [6.07, 6.45) is 4.82. The molecule has 4 nitrogen and oxygen atoms in total. The van der Waals surface area contributed by atoms with Crippen LogP contribution in [-0.2, 0) is 4.79 Å². The van der Waals surface area contributed by atoms with Crippen molar-refractivity contribution in [2.24, 2.45) is 5.92 Å². The van der Waals surface area contributed by atoms with E-state index >= 15 is 0 Å². The molecule has 2 N–H and O–H groups in total. The second kappa shape index (κ2) is 11.6. The normalized spacial score (nSPS) is 17.0. The number of hydrogen-bond acceptors (Lipinski definition) is 3. The predicted molar refractivity (Wildman–Crippen MR) is 101 cm³/mol. The molecule has 1 heterocycles. The maximum absolute atomic E-state index is 11.8. The number of rotatable bonds is 8. The van der Waals surface area contributed by atoms with Gasteiger partial charge in [0, 0.05) is 18.0 Å². The molecule has 1 atom stereocenters. The molecule has 0 bridgehead atoms. The molecular weight excluding hydrogens is 347 g/mol. The van der Waals surface area contributed by atoms with E-state index in [0.717, 1.165) is 48.8 Å². The summed E-state index contributed by atoms with van der Waals surface area (Å²) in [5.41, 5.74) is 0.999. The van der Waals surface area contributed by atoms with E-state index in [0.29, 0.717) is 18.9 Å². The summed E-state index contributed by atoms with van der Waals surface area (Å²) in [5, 5.41) is 7.15. The van der Waals surface area contributed by atoms with Gasteiger partial charge in [-0.2, -0.15) is 0 Å². The highest BCUT2D eigenvalue weighted by molar-refractivity contribution is 6.31. The molecule has 1 fully saturated rings. The summed E-state index contributed by atoms with van der Waals surface area (Å²) in [5.74, 6) is 1.63. The Hall–Kier alpha value is -0.970. The minimum absolute atomic E-state index is 0. The Bertz CT molecular complexity index is 506. The molecule has 1 aromatic rings. The molecular formula is C18H28Cl2N2O2. The number of carbonyl (C=O) groups is 1. The first-order chi connectivity index (χ1) is 11.1. The first-order valence-electron chi connectivity index (χ1n) is 8.51. The smallest absolute Gasteiger partial charge is 0.220 e. The van der Waals surface area contributed by atoms with Gasteiger partial charge in [-0.3, -0.25) is 4.79 Å². The van der Waals surface area contributed by atoms with Crippen molar-refractivity contribution < 1.29 is 9.53 Å². The zero-order chi connectivity index (χ0) is 16.5. The van der Waals surface area contributed by atoms with Gasteiger partial charge in [-0.05, 0) is 75.4 Å². The Morgan fingerprint density at radius 3 is 3.00 bits per heavy atom. The van der Waals surface area contributed by atoms with Crippen LogP contribution in [0, 0.1) is 12.8 Å². The minimum atomic E-state index is 0. The lowest BCUT2D eigenvalue weighted by Gasteiger charge is -2.22. The van der Waals surface area contributed by atoms with Crippen molar-refractivity contribution in [1.29, 1.82) is 0 Å². The van der Waals surface area contributed by atoms with Crippen LogP contribution in [0.15, 0.2) is 18.2 Å². The third-order valence-corrected chi connectivity index (χ3v) is 4.64. The van der Waals surface area contributed by atoms with Crippen LogP contribution in [0.25, 0.3) is 0 Å². The molecule has 0 aliphatic carbocycles. The maximum atomic E-state index is 11.8. The van der Waals surface area contributed by atoms with E-state index < -0.39 is 0 Å². The molecule has 24 heavy (non-hydrogen) atoms. The molecule has 2 rings (SSSR count). The average Bonchev–Trinajstić information content (AvgIpc) is 2.56. The molecule has 0 aromatic heterocycles.